The summed E-state index contributed by atoms with van der Waals surface area (Å²) in [6.07, 6.45) is 0. The van der Waals surface area contributed by atoms with Gasteiger partial charge in [-0.2, -0.15) is 0 Å². The lowest BCUT2D eigenvalue weighted by Gasteiger charge is -2.12. The third-order valence-electron chi connectivity index (χ3n) is 2.14. The Morgan fingerprint density at radius 1 is 1.40 bits per heavy atom. The molecule has 4 nitrogen and oxygen atoms in total. The van der Waals surface area contributed by atoms with E-state index in [-0.39, 0.29) is 11.9 Å². The third kappa shape index (κ3) is 3.25. The molecule has 1 rings (SSSR count). The van der Waals surface area contributed by atoms with Crippen molar-refractivity contribution in [2.75, 3.05) is 18.9 Å². The molecule has 4 heteroatoms. The Balaban J connectivity index is 2.68. The van der Waals surface area contributed by atoms with Gasteiger partial charge in [-0.05, 0) is 31.2 Å². The number of benzene rings is 1. The van der Waals surface area contributed by atoms with Crippen LogP contribution < -0.4 is 16.4 Å². The lowest BCUT2D eigenvalue weighted by Crippen LogP contribution is -2.25. The summed E-state index contributed by atoms with van der Waals surface area (Å²) in [4.78, 5) is 11.3. The van der Waals surface area contributed by atoms with Crippen LogP contribution in [0.15, 0.2) is 24.3 Å². The molecule has 82 valence electrons. The van der Waals surface area contributed by atoms with Crippen molar-refractivity contribution in [3.63, 3.8) is 0 Å². The van der Waals surface area contributed by atoms with Crippen molar-refractivity contribution in [2.24, 2.45) is 5.73 Å². The topological polar surface area (TPSA) is 67.2 Å². The van der Waals surface area contributed by atoms with E-state index in [1.54, 1.807) is 19.2 Å². The van der Waals surface area contributed by atoms with Crippen LogP contribution in [0.5, 0.6) is 0 Å². The van der Waals surface area contributed by atoms with E-state index in [9.17, 15) is 4.79 Å². The molecule has 0 heterocycles. The van der Waals surface area contributed by atoms with Crippen molar-refractivity contribution in [2.45, 2.75) is 13.0 Å². The molecule has 0 spiro atoms. The van der Waals surface area contributed by atoms with Crippen LogP contribution in [0.4, 0.5) is 5.69 Å². The maximum Gasteiger partial charge on any atom is 0.251 e. The molecule has 0 bridgehead atoms. The number of carbonyl (C=O) groups excluding carboxylic acids is 1. The number of amides is 1. The van der Waals surface area contributed by atoms with Crippen LogP contribution in [0.2, 0.25) is 0 Å². The van der Waals surface area contributed by atoms with Gasteiger partial charge in [-0.1, -0.05) is 0 Å². The first-order valence-corrected chi connectivity index (χ1v) is 4.96. The molecule has 0 aromatic heterocycles. The summed E-state index contributed by atoms with van der Waals surface area (Å²) in [7, 11) is 1.62. The summed E-state index contributed by atoms with van der Waals surface area (Å²) in [5.41, 5.74) is 7.12. The second kappa shape index (κ2) is 5.36. The van der Waals surface area contributed by atoms with Crippen molar-refractivity contribution < 1.29 is 4.79 Å². The molecular weight excluding hydrogens is 190 g/mol. The quantitative estimate of drug-likeness (QED) is 0.684. The molecule has 0 saturated heterocycles. The number of carbonyl (C=O) groups is 1. The zero-order chi connectivity index (χ0) is 11.3. The van der Waals surface area contributed by atoms with Gasteiger partial charge in [-0.3, -0.25) is 4.79 Å². The molecular formula is C11H17N3O. The molecule has 1 unspecified atom stereocenters. The molecule has 1 atom stereocenters. The standard InChI is InChI=1S/C11H17N3O/c1-8(7-12)14-10-5-3-9(4-6-10)11(15)13-2/h3-6,8,14H,7,12H2,1-2H3,(H,13,15). The van der Waals surface area contributed by atoms with Gasteiger partial charge in [0.05, 0.1) is 0 Å². The summed E-state index contributed by atoms with van der Waals surface area (Å²) in [6, 6.07) is 7.54. The van der Waals surface area contributed by atoms with Crippen molar-refractivity contribution in [3.05, 3.63) is 29.8 Å². The van der Waals surface area contributed by atoms with Gasteiger partial charge < -0.3 is 16.4 Å². The number of nitrogens with one attached hydrogen (secondary N) is 2. The van der Waals surface area contributed by atoms with E-state index in [1.165, 1.54) is 0 Å². The van der Waals surface area contributed by atoms with Gasteiger partial charge in [0.2, 0.25) is 0 Å². The Kier molecular flexibility index (Phi) is 4.12. The highest BCUT2D eigenvalue weighted by Crippen LogP contribution is 2.10. The van der Waals surface area contributed by atoms with Crippen LogP contribution in [0.1, 0.15) is 17.3 Å². The number of hydrogen-bond donors (Lipinski definition) is 3. The predicted molar refractivity (Wildman–Crippen MR) is 62.0 cm³/mol. The van der Waals surface area contributed by atoms with Crippen molar-refractivity contribution in [1.29, 1.82) is 0 Å². The Hall–Kier alpha value is -1.55. The second-order valence-corrected chi connectivity index (χ2v) is 3.44. The molecule has 15 heavy (non-hydrogen) atoms. The highest BCUT2D eigenvalue weighted by atomic mass is 16.1. The SMILES string of the molecule is CNC(=O)c1ccc(NC(C)CN)cc1. The van der Waals surface area contributed by atoms with Gasteiger partial charge in [-0.15, -0.1) is 0 Å². The Morgan fingerprint density at radius 2 is 2.00 bits per heavy atom. The van der Waals surface area contributed by atoms with E-state index in [2.05, 4.69) is 10.6 Å². The minimum absolute atomic E-state index is 0.0755. The highest BCUT2D eigenvalue weighted by Gasteiger charge is 2.03. The normalized spacial score (nSPS) is 11.9. The average molecular weight is 207 g/mol. The molecule has 1 amide bonds. The fraction of sp³-hybridized carbons (Fsp3) is 0.364. The zero-order valence-electron chi connectivity index (χ0n) is 9.08. The fourth-order valence-corrected chi connectivity index (χ4v) is 1.21. The van der Waals surface area contributed by atoms with Gasteiger partial charge in [0.1, 0.15) is 0 Å². The summed E-state index contributed by atoms with van der Waals surface area (Å²) < 4.78 is 0. The first-order valence-electron chi connectivity index (χ1n) is 4.96. The van der Waals surface area contributed by atoms with Crippen LogP contribution in [-0.2, 0) is 0 Å². The maximum atomic E-state index is 11.3. The van der Waals surface area contributed by atoms with E-state index in [0.29, 0.717) is 12.1 Å². The highest BCUT2D eigenvalue weighted by molar-refractivity contribution is 5.94. The largest absolute Gasteiger partial charge is 0.381 e. The van der Waals surface area contributed by atoms with Gasteiger partial charge in [0.25, 0.3) is 5.91 Å². The molecule has 0 saturated carbocycles. The van der Waals surface area contributed by atoms with Crippen LogP contribution in [0.25, 0.3) is 0 Å². The molecule has 0 fully saturated rings. The van der Waals surface area contributed by atoms with Crippen molar-refractivity contribution >= 4 is 11.6 Å². The molecule has 0 aliphatic carbocycles. The Morgan fingerprint density at radius 3 is 2.47 bits per heavy atom. The van der Waals surface area contributed by atoms with Gasteiger partial charge in [0, 0.05) is 30.9 Å². The lowest BCUT2D eigenvalue weighted by atomic mass is 10.2. The smallest absolute Gasteiger partial charge is 0.251 e. The van der Waals surface area contributed by atoms with E-state index in [4.69, 9.17) is 5.73 Å². The van der Waals surface area contributed by atoms with E-state index in [1.807, 2.05) is 19.1 Å². The lowest BCUT2D eigenvalue weighted by molar-refractivity contribution is 0.0963. The minimum atomic E-state index is -0.0755. The fourth-order valence-electron chi connectivity index (χ4n) is 1.21. The van der Waals surface area contributed by atoms with E-state index in [0.717, 1.165) is 5.69 Å². The van der Waals surface area contributed by atoms with Crippen LogP contribution in [-0.4, -0.2) is 25.5 Å². The maximum absolute atomic E-state index is 11.3. The van der Waals surface area contributed by atoms with Crippen LogP contribution >= 0.6 is 0 Å². The number of nitrogens with two attached hydrogens (primary N) is 1. The Bertz CT molecular complexity index is 321. The molecule has 4 N–H and O–H groups in total. The molecule has 0 aliphatic heterocycles. The summed E-state index contributed by atoms with van der Waals surface area (Å²) in [5.74, 6) is -0.0755. The average Bonchev–Trinajstić information content (AvgIpc) is 2.29. The second-order valence-electron chi connectivity index (χ2n) is 3.44. The van der Waals surface area contributed by atoms with Gasteiger partial charge >= 0.3 is 0 Å². The zero-order valence-corrected chi connectivity index (χ0v) is 9.08. The summed E-state index contributed by atoms with van der Waals surface area (Å²) in [5, 5.41) is 5.79. The van der Waals surface area contributed by atoms with E-state index >= 15 is 0 Å². The molecule has 1 aromatic rings. The predicted octanol–water partition coefficient (Wildman–Crippen LogP) is 0.805. The Labute approximate surface area is 89.9 Å². The summed E-state index contributed by atoms with van der Waals surface area (Å²) in [6.45, 7) is 2.59. The first kappa shape index (κ1) is 11.5. The molecule has 0 aliphatic rings. The van der Waals surface area contributed by atoms with Crippen molar-refractivity contribution in [1.82, 2.24) is 5.32 Å². The molecule has 0 radical (unpaired) electrons. The van der Waals surface area contributed by atoms with Gasteiger partial charge in [0.15, 0.2) is 0 Å². The number of anilines is 1. The van der Waals surface area contributed by atoms with Crippen LogP contribution in [0.3, 0.4) is 0 Å². The monoisotopic (exact) mass is 207 g/mol. The van der Waals surface area contributed by atoms with Crippen molar-refractivity contribution in [3.8, 4) is 0 Å². The van der Waals surface area contributed by atoms with Gasteiger partial charge in [-0.25, -0.2) is 0 Å². The minimum Gasteiger partial charge on any atom is -0.381 e. The molecule has 1 aromatic carbocycles. The third-order valence-corrected chi connectivity index (χ3v) is 2.14. The van der Waals surface area contributed by atoms with Crippen LogP contribution in [0, 0.1) is 0 Å². The number of hydrogen-bond acceptors (Lipinski definition) is 3. The first-order chi connectivity index (χ1) is 7.17. The number of rotatable bonds is 4. The summed E-state index contributed by atoms with van der Waals surface area (Å²) >= 11 is 0. The van der Waals surface area contributed by atoms with E-state index < -0.39 is 0 Å².